The third kappa shape index (κ3) is 5.55. The molecule has 9 heteroatoms. The Morgan fingerprint density at radius 3 is 2.69 bits per heavy atom. The lowest BCUT2D eigenvalue weighted by Gasteiger charge is -2.19. The van der Waals surface area contributed by atoms with Crippen molar-refractivity contribution in [2.45, 2.75) is 18.9 Å². The predicted molar refractivity (Wildman–Crippen MR) is 106 cm³/mol. The first-order chi connectivity index (χ1) is 14.2. The number of pyridine rings is 1. The normalized spacial score (nSPS) is 11.4. The lowest BCUT2D eigenvalue weighted by Crippen LogP contribution is -2.34. The molecule has 0 fully saturated rings. The van der Waals surface area contributed by atoms with E-state index in [1.807, 2.05) is 0 Å². The second-order valence-electron chi connectivity index (χ2n) is 6.27. The molecule has 148 valence electrons. The number of aromatic amines is 1. The van der Waals surface area contributed by atoms with Gasteiger partial charge in [-0.3, -0.25) is 14.6 Å². The van der Waals surface area contributed by atoms with Gasteiger partial charge in [0, 0.05) is 36.6 Å². The van der Waals surface area contributed by atoms with Crippen LogP contribution in [0.4, 0.5) is 5.69 Å². The van der Waals surface area contributed by atoms with Crippen molar-refractivity contribution in [3.8, 4) is 0 Å². The molecule has 0 aliphatic rings. The lowest BCUT2D eigenvalue weighted by molar-refractivity contribution is -0.121. The molecular formula is C20H20N6O3. The summed E-state index contributed by atoms with van der Waals surface area (Å²) in [5.74, 6) is -0.710. The van der Waals surface area contributed by atoms with Gasteiger partial charge in [0.25, 0.3) is 5.91 Å². The van der Waals surface area contributed by atoms with E-state index in [-0.39, 0.29) is 23.7 Å². The summed E-state index contributed by atoms with van der Waals surface area (Å²) in [7, 11) is 0. The van der Waals surface area contributed by atoms with Crippen molar-refractivity contribution in [1.29, 1.82) is 0 Å². The van der Waals surface area contributed by atoms with Crippen molar-refractivity contribution in [3.05, 3.63) is 83.0 Å². The van der Waals surface area contributed by atoms with Crippen LogP contribution in [0.15, 0.2) is 66.4 Å². The van der Waals surface area contributed by atoms with Crippen molar-refractivity contribution in [3.63, 3.8) is 0 Å². The quantitative estimate of drug-likeness (QED) is 0.482. The fourth-order valence-electron chi connectivity index (χ4n) is 2.85. The Labute approximate surface area is 167 Å². The van der Waals surface area contributed by atoms with E-state index in [0.717, 1.165) is 5.69 Å². The standard InChI is InChI=1S/C20H20N6O3/c27-19(23-10-8-14-12-21-13-24-14)11-18(15-5-1-2-6-16(15)26-29)25-20(28)17-7-3-4-9-22-17/h1-7,9,12-13,18H,8,10-11H2,(H,21,24)(H,23,27)(H,25,28). The van der Waals surface area contributed by atoms with E-state index in [9.17, 15) is 14.5 Å². The van der Waals surface area contributed by atoms with Crippen LogP contribution in [0.1, 0.15) is 34.2 Å². The highest BCUT2D eigenvalue weighted by molar-refractivity contribution is 5.93. The Kier molecular flexibility index (Phi) is 6.77. The second kappa shape index (κ2) is 9.88. The molecule has 29 heavy (non-hydrogen) atoms. The zero-order chi connectivity index (χ0) is 20.5. The second-order valence-corrected chi connectivity index (χ2v) is 6.27. The van der Waals surface area contributed by atoms with Gasteiger partial charge in [-0.1, -0.05) is 24.3 Å². The fraction of sp³-hybridized carbons (Fsp3) is 0.200. The number of H-pyrrole nitrogens is 1. The van der Waals surface area contributed by atoms with Crippen LogP contribution in [-0.2, 0) is 11.2 Å². The van der Waals surface area contributed by atoms with Gasteiger partial charge in [-0.2, -0.15) is 0 Å². The third-order valence-electron chi connectivity index (χ3n) is 4.27. The largest absolute Gasteiger partial charge is 0.356 e. The fourth-order valence-corrected chi connectivity index (χ4v) is 2.85. The van der Waals surface area contributed by atoms with Gasteiger partial charge in [0.2, 0.25) is 5.91 Å². The molecule has 2 heterocycles. The summed E-state index contributed by atoms with van der Waals surface area (Å²) in [6, 6.07) is 10.8. The topological polar surface area (TPSA) is 129 Å². The molecule has 1 unspecified atom stereocenters. The smallest absolute Gasteiger partial charge is 0.270 e. The molecule has 9 nitrogen and oxygen atoms in total. The first-order valence-corrected chi connectivity index (χ1v) is 9.05. The molecule has 0 saturated carbocycles. The van der Waals surface area contributed by atoms with Crippen LogP contribution in [0.2, 0.25) is 0 Å². The Balaban J connectivity index is 1.70. The number of rotatable bonds is 9. The molecule has 3 rings (SSSR count). The van der Waals surface area contributed by atoms with Gasteiger partial charge in [-0.05, 0) is 23.4 Å². The van der Waals surface area contributed by atoms with Gasteiger partial charge in [0.1, 0.15) is 11.4 Å². The van der Waals surface area contributed by atoms with E-state index in [2.05, 4.69) is 30.8 Å². The zero-order valence-electron chi connectivity index (χ0n) is 15.5. The number of nitrogens with zero attached hydrogens (tertiary/aromatic N) is 3. The Morgan fingerprint density at radius 2 is 1.97 bits per heavy atom. The number of imidazole rings is 1. The maximum Gasteiger partial charge on any atom is 0.270 e. The highest BCUT2D eigenvalue weighted by atomic mass is 16.3. The van der Waals surface area contributed by atoms with Crippen molar-refractivity contribution >= 4 is 17.5 Å². The number of nitroso groups, excluding NO2 is 1. The lowest BCUT2D eigenvalue weighted by atomic mass is 10.0. The zero-order valence-corrected chi connectivity index (χ0v) is 15.5. The SMILES string of the molecule is O=Nc1ccccc1C(CC(=O)NCCc1cnc[nH]1)NC(=O)c1ccccn1. The Morgan fingerprint density at radius 1 is 1.14 bits per heavy atom. The average Bonchev–Trinajstić information content (AvgIpc) is 3.27. The molecular weight excluding hydrogens is 372 g/mol. The molecule has 0 aliphatic heterocycles. The highest BCUT2D eigenvalue weighted by Crippen LogP contribution is 2.27. The van der Waals surface area contributed by atoms with E-state index in [1.165, 1.54) is 6.20 Å². The first kappa shape index (κ1) is 19.9. The number of benzene rings is 1. The van der Waals surface area contributed by atoms with Crippen molar-refractivity contribution in [1.82, 2.24) is 25.6 Å². The first-order valence-electron chi connectivity index (χ1n) is 9.05. The molecule has 3 aromatic rings. The minimum atomic E-state index is -0.731. The van der Waals surface area contributed by atoms with Crippen molar-refractivity contribution in [2.75, 3.05) is 6.54 Å². The van der Waals surface area contributed by atoms with Gasteiger partial charge in [0.15, 0.2) is 0 Å². The molecule has 1 aromatic carbocycles. The number of amides is 2. The summed E-state index contributed by atoms with van der Waals surface area (Å²) < 4.78 is 0. The van der Waals surface area contributed by atoms with Crippen LogP contribution in [0.3, 0.4) is 0 Å². The van der Waals surface area contributed by atoms with E-state index < -0.39 is 11.9 Å². The number of carbonyl (C=O) groups is 2. The molecule has 1 atom stereocenters. The predicted octanol–water partition coefficient (Wildman–Crippen LogP) is 2.42. The summed E-state index contributed by atoms with van der Waals surface area (Å²) in [5.41, 5.74) is 1.76. The van der Waals surface area contributed by atoms with Gasteiger partial charge >= 0.3 is 0 Å². The van der Waals surface area contributed by atoms with Gasteiger partial charge < -0.3 is 15.6 Å². The molecule has 0 spiro atoms. The van der Waals surface area contributed by atoms with Crippen LogP contribution < -0.4 is 10.6 Å². The minimum Gasteiger partial charge on any atom is -0.356 e. The monoisotopic (exact) mass is 392 g/mol. The number of aromatic nitrogens is 3. The van der Waals surface area contributed by atoms with Crippen LogP contribution in [0, 0.1) is 4.91 Å². The molecule has 0 radical (unpaired) electrons. The van der Waals surface area contributed by atoms with Crippen molar-refractivity contribution < 1.29 is 9.59 Å². The Bertz CT molecular complexity index is 959. The van der Waals surface area contributed by atoms with E-state index in [4.69, 9.17) is 0 Å². The van der Waals surface area contributed by atoms with Gasteiger partial charge in [0.05, 0.1) is 18.8 Å². The average molecular weight is 392 g/mol. The third-order valence-corrected chi connectivity index (χ3v) is 4.27. The number of carbonyl (C=O) groups excluding carboxylic acids is 2. The summed E-state index contributed by atoms with van der Waals surface area (Å²) in [5, 5.41) is 8.61. The number of hydrogen-bond acceptors (Lipinski definition) is 6. The van der Waals surface area contributed by atoms with Crippen LogP contribution in [0.5, 0.6) is 0 Å². The van der Waals surface area contributed by atoms with Crippen LogP contribution in [-0.4, -0.2) is 33.3 Å². The van der Waals surface area contributed by atoms with E-state index in [0.29, 0.717) is 18.5 Å². The van der Waals surface area contributed by atoms with Gasteiger partial charge in [-0.25, -0.2) is 4.98 Å². The minimum absolute atomic E-state index is 0.0475. The van der Waals surface area contributed by atoms with E-state index in [1.54, 1.807) is 55.0 Å². The Hall–Kier alpha value is -3.88. The molecule has 0 saturated heterocycles. The molecule has 3 N–H and O–H groups in total. The summed E-state index contributed by atoms with van der Waals surface area (Å²) in [6.07, 6.45) is 5.32. The van der Waals surface area contributed by atoms with Crippen LogP contribution in [0.25, 0.3) is 0 Å². The number of nitrogens with one attached hydrogen (secondary N) is 3. The highest BCUT2D eigenvalue weighted by Gasteiger charge is 2.22. The maximum absolute atomic E-state index is 12.6. The van der Waals surface area contributed by atoms with Crippen molar-refractivity contribution in [2.24, 2.45) is 5.18 Å². The summed E-state index contributed by atoms with van der Waals surface area (Å²) >= 11 is 0. The van der Waals surface area contributed by atoms with Crippen LogP contribution >= 0.6 is 0 Å². The van der Waals surface area contributed by atoms with E-state index >= 15 is 0 Å². The molecule has 2 aromatic heterocycles. The number of hydrogen-bond donors (Lipinski definition) is 3. The molecule has 0 aliphatic carbocycles. The summed E-state index contributed by atoms with van der Waals surface area (Å²) in [4.78, 5) is 47.1. The van der Waals surface area contributed by atoms with Gasteiger partial charge in [-0.15, -0.1) is 4.91 Å². The summed E-state index contributed by atoms with van der Waals surface area (Å²) in [6.45, 7) is 0.412. The maximum atomic E-state index is 12.6. The molecule has 2 amide bonds. The molecule has 0 bridgehead atoms.